The Morgan fingerprint density at radius 1 is 1.27 bits per heavy atom. The Kier molecular flexibility index (Phi) is 2.42. The molecule has 76 valence electrons. The van der Waals surface area contributed by atoms with Gasteiger partial charge in [-0.05, 0) is 16.1 Å². The van der Waals surface area contributed by atoms with E-state index in [0.29, 0.717) is 15.9 Å². The fourth-order valence-electron chi connectivity index (χ4n) is 1.17. The van der Waals surface area contributed by atoms with E-state index in [4.69, 9.17) is 23.2 Å². The lowest BCUT2D eigenvalue weighted by Gasteiger charge is -1.99. The third-order valence-electron chi connectivity index (χ3n) is 1.84. The number of aromatic nitrogens is 2. The predicted molar refractivity (Wildman–Crippen MR) is 56.2 cm³/mol. The minimum atomic E-state index is -0.685. The van der Waals surface area contributed by atoms with E-state index in [1.54, 1.807) is 18.2 Å². The molecule has 1 heterocycles. The number of benzene rings is 1. The van der Waals surface area contributed by atoms with E-state index in [2.05, 4.69) is 10.2 Å². The summed E-state index contributed by atoms with van der Waals surface area (Å²) in [5.41, 5.74) is 0.356. The van der Waals surface area contributed by atoms with Gasteiger partial charge in [0.2, 0.25) is 0 Å². The molecule has 1 aromatic heterocycles. The molecule has 0 saturated heterocycles. The highest BCUT2D eigenvalue weighted by molar-refractivity contribution is 6.40. The smallest absolute Gasteiger partial charge is 0.358 e. The van der Waals surface area contributed by atoms with Crippen LogP contribution in [0.25, 0.3) is 10.9 Å². The van der Waals surface area contributed by atoms with Crippen molar-refractivity contribution in [1.82, 2.24) is 10.2 Å². The van der Waals surface area contributed by atoms with Crippen molar-refractivity contribution in [2.24, 2.45) is 0 Å². The molecule has 0 N–H and O–H groups in total. The molecule has 1 aromatic carbocycles. The number of rotatable bonds is 1. The monoisotopic (exact) mass is 243 g/mol. The van der Waals surface area contributed by atoms with Crippen LogP contribution in [0, 0.1) is 10.1 Å². The standard InChI is InChI=1S/C8H3Cl2N3O2/c9-5-3-1-2-4-6(10)8(13(14)15)12-11-7(4)5/h1-3H. The van der Waals surface area contributed by atoms with Gasteiger partial charge < -0.3 is 10.1 Å². The maximum absolute atomic E-state index is 10.5. The molecule has 2 rings (SSSR count). The van der Waals surface area contributed by atoms with Gasteiger partial charge in [-0.1, -0.05) is 35.3 Å². The summed E-state index contributed by atoms with van der Waals surface area (Å²) < 4.78 is 0. The first-order valence-corrected chi connectivity index (χ1v) is 4.61. The molecular weight excluding hydrogens is 241 g/mol. The van der Waals surface area contributed by atoms with Crippen LogP contribution in [-0.4, -0.2) is 15.1 Å². The zero-order valence-corrected chi connectivity index (χ0v) is 8.66. The van der Waals surface area contributed by atoms with E-state index in [9.17, 15) is 10.1 Å². The third-order valence-corrected chi connectivity index (χ3v) is 2.51. The van der Waals surface area contributed by atoms with Gasteiger partial charge in [0.25, 0.3) is 0 Å². The van der Waals surface area contributed by atoms with Crippen LogP contribution in [0.3, 0.4) is 0 Å². The van der Waals surface area contributed by atoms with E-state index < -0.39 is 10.7 Å². The van der Waals surface area contributed by atoms with Crippen LogP contribution in [0.2, 0.25) is 10.0 Å². The van der Waals surface area contributed by atoms with Gasteiger partial charge in [-0.25, -0.2) is 0 Å². The number of halogens is 2. The summed E-state index contributed by atoms with van der Waals surface area (Å²) in [7, 11) is 0. The highest BCUT2D eigenvalue weighted by atomic mass is 35.5. The quantitative estimate of drug-likeness (QED) is 0.571. The van der Waals surface area contributed by atoms with Gasteiger partial charge in [-0.2, -0.15) is 0 Å². The summed E-state index contributed by atoms with van der Waals surface area (Å²) in [5.74, 6) is -0.466. The van der Waals surface area contributed by atoms with Crippen molar-refractivity contribution >= 4 is 39.9 Å². The lowest BCUT2D eigenvalue weighted by molar-refractivity contribution is -0.389. The average Bonchev–Trinajstić information content (AvgIpc) is 2.19. The second kappa shape index (κ2) is 3.60. The molecule has 0 aliphatic rings. The van der Waals surface area contributed by atoms with Crippen molar-refractivity contribution in [2.75, 3.05) is 0 Å². The molecule has 0 spiro atoms. The topological polar surface area (TPSA) is 68.9 Å². The minimum absolute atomic E-state index is 0.0486. The summed E-state index contributed by atoms with van der Waals surface area (Å²) in [4.78, 5) is 9.85. The molecule has 0 saturated carbocycles. The second-order valence-corrected chi connectivity index (χ2v) is 3.52. The number of hydrogen-bond acceptors (Lipinski definition) is 4. The van der Waals surface area contributed by atoms with Crippen LogP contribution < -0.4 is 0 Å². The first-order chi connectivity index (χ1) is 7.11. The molecule has 0 unspecified atom stereocenters. The normalized spacial score (nSPS) is 10.5. The molecule has 0 fully saturated rings. The predicted octanol–water partition coefficient (Wildman–Crippen LogP) is 2.84. The van der Waals surface area contributed by atoms with Crippen molar-refractivity contribution < 1.29 is 4.92 Å². The molecule has 0 atom stereocenters. The summed E-state index contributed by atoms with van der Waals surface area (Å²) in [6, 6.07) is 4.86. The highest BCUT2D eigenvalue weighted by Crippen LogP contribution is 2.31. The fraction of sp³-hybridized carbons (Fsp3) is 0. The van der Waals surface area contributed by atoms with Crippen molar-refractivity contribution in [1.29, 1.82) is 0 Å². The van der Waals surface area contributed by atoms with E-state index >= 15 is 0 Å². The van der Waals surface area contributed by atoms with Crippen LogP contribution >= 0.6 is 23.2 Å². The van der Waals surface area contributed by atoms with Crippen molar-refractivity contribution in [3.63, 3.8) is 0 Å². The summed E-state index contributed by atoms with van der Waals surface area (Å²) in [5, 5.41) is 18.3. The Hall–Kier alpha value is -1.46. The summed E-state index contributed by atoms with van der Waals surface area (Å²) in [6.07, 6.45) is 0. The molecule has 0 amide bonds. The lowest BCUT2D eigenvalue weighted by atomic mass is 10.2. The number of nitro groups is 1. The van der Waals surface area contributed by atoms with E-state index in [1.165, 1.54) is 0 Å². The molecule has 2 aromatic rings. The minimum Gasteiger partial charge on any atom is -0.358 e. The molecule has 0 bridgehead atoms. The fourth-order valence-corrected chi connectivity index (χ4v) is 1.64. The molecule has 0 aliphatic carbocycles. The Bertz CT molecular complexity index is 559. The van der Waals surface area contributed by atoms with Gasteiger partial charge in [-0.15, -0.1) is 0 Å². The van der Waals surface area contributed by atoms with Crippen LogP contribution in [0.4, 0.5) is 5.82 Å². The largest absolute Gasteiger partial charge is 0.410 e. The van der Waals surface area contributed by atoms with Crippen LogP contribution in [0.15, 0.2) is 18.2 Å². The van der Waals surface area contributed by atoms with E-state index in [0.717, 1.165) is 0 Å². The van der Waals surface area contributed by atoms with Gasteiger partial charge in [-0.3, -0.25) is 0 Å². The average molecular weight is 244 g/mol. The lowest BCUT2D eigenvalue weighted by Crippen LogP contribution is -1.96. The van der Waals surface area contributed by atoms with Crippen molar-refractivity contribution in [3.8, 4) is 0 Å². The molecule has 5 nitrogen and oxygen atoms in total. The maximum atomic E-state index is 10.5. The molecule has 7 heteroatoms. The highest BCUT2D eigenvalue weighted by Gasteiger charge is 2.19. The Morgan fingerprint density at radius 2 is 2.00 bits per heavy atom. The third kappa shape index (κ3) is 1.60. The van der Waals surface area contributed by atoms with Gasteiger partial charge in [0.1, 0.15) is 5.52 Å². The van der Waals surface area contributed by atoms with Gasteiger partial charge in [0.05, 0.1) is 10.1 Å². The maximum Gasteiger partial charge on any atom is 0.410 e. The van der Waals surface area contributed by atoms with E-state index in [1.807, 2.05) is 0 Å². The zero-order valence-electron chi connectivity index (χ0n) is 7.15. The Balaban J connectivity index is 2.86. The van der Waals surface area contributed by atoms with Gasteiger partial charge in [0.15, 0.2) is 5.02 Å². The molecule has 15 heavy (non-hydrogen) atoms. The first-order valence-electron chi connectivity index (χ1n) is 3.86. The number of fused-ring (bicyclic) bond motifs is 1. The zero-order chi connectivity index (χ0) is 11.0. The number of nitrogens with zero attached hydrogens (tertiary/aromatic N) is 3. The second-order valence-electron chi connectivity index (χ2n) is 2.73. The summed E-state index contributed by atoms with van der Waals surface area (Å²) >= 11 is 11.6. The SMILES string of the molecule is O=[N+]([O-])c1nnc2c(Cl)cccc2c1Cl. The van der Waals surface area contributed by atoms with Crippen molar-refractivity contribution in [3.05, 3.63) is 38.4 Å². The Labute approximate surface area is 93.8 Å². The van der Waals surface area contributed by atoms with E-state index in [-0.39, 0.29) is 5.02 Å². The van der Waals surface area contributed by atoms with Crippen molar-refractivity contribution in [2.45, 2.75) is 0 Å². The van der Waals surface area contributed by atoms with Crippen LogP contribution in [0.1, 0.15) is 0 Å². The number of hydrogen-bond donors (Lipinski definition) is 0. The van der Waals surface area contributed by atoms with Gasteiger partial charge >= 0.3 is 5.82 Å². The molecule has 0 radical (unpaired) electrons. The van der Waals surface area contributed by atoms with Crippen LogP contribution in [-0.2, 0) is 0 Å². The van der Waals surface area contributed by atoms with Gasteiger partial charge in [0, 0.05) is 5.39 Å². The Morgan fingerprint density at radius 3 is 2.67 bits per heavy atom. The first kappa shape index (κ1) is 10.1. The molecule has 0 aliphatic heterocycles. The molecular formula is C8H3Cl2N3O2. The van der Waals surface area contributed by atoms with Crippen LogP contribution in [0.5, 0.6) is 0 Å². The summed E-state index contributed by atoms with van der Waals surface area (Å²) in [6.45, 7) is 0.